The zero-order valence-electron chi connectivity index (χ0n) is 21.0. The summed E-state index contributed by atoms with van der Waals surface area (Å²) in [5.74, 6) is -0.649. The highest BCUT2D eigenvalue weighted by Gasteiger charge is 2.41. The van der Waals surface area contributed by atoms with Gasteiger partial charge in [-0.25, -0.2) is 4.79 Å². The third-order valence-corrected chi connectivity index (χ3v) is 5.56. The van der Waals surface area contributed by atoms with Crippen molar-refractivity contribution in [3.63, 3.8) is 0 Å². The van der Waals surface area contributed by atoms with Crippen molar-refractivity contribution >= 4 is 12.2 Å². The number of ether oxygens (including phenoxy) is 3. The Hall–Kier alpha value is -1.85. The summed E-state index contributed by atoms with van der Waals surface area (Å²) in [5.41, 5.74) is 1.27. The molecule has 180 valence electrons. The van der Waals surface area contributed by atoms with Crippen LogP contribution in [0.3, 0.4) is 0 Å². The van der Waals surface area contributed by atoms with Gasteiger partial charge in [0.1, 0.15) is 5.60 Å². The number of unbranched alkanes of at least 4 members (excludes halogenated alkanes) is 4. The van der Waals surface area contributed by atoms with Gasteiger partial charge in [0.05, 0.1) is 18.8 Å². The minimum Gasteiger partial charge on any atom is -0.444 e. The highest BCUT2D eigenvalue weighted by Crippen LogP contribution is 2.28. The van der Waals surface area contributed by atoms with Crippen molar-refractivity contribution in [2.24, 2.45) is 0 Å². The second kappa shape index (κ2) is 11.9. The van der Waals surface area contributed by atoms with Crippen LogP contribution in [0.25, 0.3) is 6.08 Å². The SMILES string of the molecule is CCCCCC/C=C/c1ccc(CCC2(NC(=O)OC(C)(C)C)COC(C)(C)OC2)cc1. The lowest BCUT2D eigenvalue weighted by Crippen LogP contribution is -2.61. The maximum atomic E-state index is 12.5. The van der Waals surface area contributed by atoms with Crippen molar-refractivity contribution in [3.05, 3.63) is 41.5 Å². The summed E-state index contributed by atoms with van der Waals surface area (Å²) in [6.45, 7) is 12.4. The maximum absolute atomic E-state index is 12.5. The van der Waals surface area contributed by atoms with E-state index >= 15 is 0 Å². The molecule has 0 radical (unpaired) electrons. The van der Waals surface area contributed by atoms with Crippen molar-refractivity contribution in [1.29, 1.82) is 0 Å². The summed E-state index contributed by atoms with van der Waals surface area (Å²) in [6.07, 6.45) is 11.8. The van der Waals surface area contributed by atoms with Crippen LogP contribution in [0.15, 0.2) is 30.3 Å². The lowest BCUT2D eigenvalue weighted by molar-refractivity contribution is -0.271. The number of rotatable bonds is 10. The van der Waals surface area contributed by atoms with Crippen LogP contribution in [0.1, 0.15) is 91.2 Å². The number of aryl methyl sites for hydroxylation is 1. The molecule has 0 saturated carbocycles. The highest BCUT2D eigenvalue weighted by atomic mass is 16.7. The molecule has 1 aromatic carbocycles. The Morgan fingerprint density at radius 2 is 1.75 bits per heavy atom. The molecule has 1 aliphatic rings. The van der Waals surface area contributed by atoms with Crippen molar-refractivity contribution in [3.8, 4) is 0 Å². The van der Waals surface area contributed by atoms with Crippen LogP contribution in [0, 0.1) is 0 Å². The molecule has 0 aromatic heterocycles. The van der Waals surface area contributed by atoms with Crippen molar-refractivity contribution in [2.75, 3.05) is 13.2 Å². The number of carbonyl (C=O) groups is 1. The van der Waals surface area contributed by atoms with Gasteiger partial charge < -0.3 is 19.5 Å². The molecule has 5 heteroatoms. The molecule has 1 fully saturated rings. The molecule has 5 nitrogen and oxygen atoms in total. The summed E-state index contributed by atoms with van der Waals surface area (Å²) in [7, 11) is 0. The first-order valence-corrected chi connectivity index (χ1v) is 12.1. The minimum atomic E-state index is -0.649. The smallest absolute Gasteiger partial charge is 0.408 e. The first kappa shape index (κ1) is 26.4. The Labute approximate surface area is 194 Å². The van der Waals surface area contributed by atoms with E-state index in [-0.39, 0.29) is 0 Å². The number of nitrogens with one attached hydrogen (secondary N) is 1. The Balaban J connectivity index is 1.94. The molecule has 0 aliphatic carbocycles. The molecule has 0 spiro atoms. The minimum absolute atomic E-state index is 0.387. The third kappa shape index (κ3) is 9.74. The van der Waals surface area contributed by atoms with Crippen LogP contribution in [-0.2, 0) is 20.6 Å². The summed E-state index contributed by atoms with van der Waals surface area (Å²) in [5, 5.41) is 3.03. The molecule has 0 unspecified atom stereocenters. The average Bonchev–Trinajstić information content (AvgIpc) is 2.71. The molecule has 1 amide bonds. The van der Waals surface area contributed by atoms with E-state index in [0.29, 0.717) is 19.6 Å². The summed E-state index contributed by atoms with van der Waals surface area (Å²) in [6, 6.07) is 8.63. The summed E-state index contributed by atoms with van der Waals surface area (Å²) < 4.78 is 17.3. The first-order chi connectivity index (χ1) is 15.0. The van der Waals surface area contributed by atoms with Crippen LogP contribution in [0.2, 0.25) is 0 Å². The van der Waals surface area contributed by atoms with Gasteiger partial charge in [0.2, 0.25) is 0 Å². The third-order valence-electron chi connectivity index (χ3n) is 5.56. The molecule has 0 bridgehead atoms. The van der Waals surface area contributed by atoms with Gasteiger partial charge in [0.25, 0.3) is 0 Å². The van der Waals surface area contributed by atoms with Gasteiger partial charge in [-0.15, -0.1) is 0 Å². The van der Waals surface area contributed by atoms with Crippen molar-refractivity contribution in [1.82, 2.24) is 5.32 Å². The fraction of sp³-hybridized carbons (Fsp3) is 0.667. The molecule has 0 atom stereocenters. The predicted molar refractivity (Wildman–Crippen MR) is 131 cm³/mol. The van der Waals surface area contributed by atoms with Gasteiger partial charge in [-0.1, -0.05) is 62.6 Å². The molecule has 32 heavy (non-hydrogen) atoms. The molecule has 1 aliphatic heterocycles. The Kier molecular flexibility index (Phi) is 9.78. The number of carbonyl (C=O) groups excluding carboxylic acids is 1. The van der Waals surface area contributed by atoms with Crippen molar-refractivity contribution in [2.45, 2.75) is 103 Å². The van der Waals surface area contributed by atoms with E-state index in [1.165, 1.54) is 36.8 Å². The molecule has 1 saturated heterocycles. The Bertz CT molecular complexity index is 721. The van der Waals surface area contributed by atoms with E-state index in [1.807, 2.05) is 34.6 Å². The molecule has 2 rings (SSSR count). The van der Waals surface area contributed by atoms with E-state index in [2.05, 4.69) is 48.7 Å². The van der Waals surface area contributed by atoms with Crippen LogP contribution < -0.4 is 5.32 Å². The number of amides is 1. The maximum Gasteiger partial charge on any atom is 0.408 e. The highest BCUT2D eigenvalue weighted by molar-refractivity contribution is 5.69. The van der Waals surface area contributed by atoms with Gasteiger partial charge in [0.15, 0.2) is 5.79 Å². The lowest BCUT2D eigenvalue weighted by atomic mass is 9.91. The fourth-order valence-electron chi connectivity index (χ4n) is 3.59. The molecule has 1 aromatic rings. The molecule has 1 N–H and O–H groups in total. The van der Waals surface area contributed by atoms with Crippen molar-refractivity contribution < 1.29 is 19.0 Å². The van der Waals surface area contributed by atoms with Gasteiger partial charge in [0, 0.05) is 0 Å². The fourth-order valence-corrected chi connectivity index (χ4v) is 3.59. The van der Waals surface area contributed by atoms with Crippen LogP contribution in [0.4, 0.5) is 4.79 Å². The normalized spacial score (nSPS) is 17.9. The number of benzene rings is 1. The number of allylic oxidation sites excluding steroid dienone is 1. The lowest BCUT2D eigenvalue weighted by Gasteiger charge is -2.44. The quantitative estimate of drug-likeness (QED) is 0.410. The van der Waals surface area contributed by atoms with Gasteiger partial charge in [-0.05, 0) is 71.4 Å². The number of alkyl carbamates (subject to hydrolysis) is 1. The first-order valence-electron chi connectivity index (χ1n) is 12.1. The Morgan fingerprint density at radius 1 is 1.09 bits per heavy atom. The van der Waals surface area contributed by atoms with Gasteiger partial charge >= 0.3 is 6.09 Å². The van der Waals surface area contributed by atoms with E-state index in [9.17, 15) is 4.79 Å². The van der Waals surface area contributed by atoms with E-state index in [1.54, 1.807) is 0 Å². The Morgan fingerprint density at radius 3 is 2.34 bits per heavy atom. The predicted octanol–water partition coefficient (Wildman–Crippen LogP) is 6.65. The molecular formula is C27H43NO4. The van der Waals surface area contributed by atoms with E-state index in [4.69, 9.17) is 14.2 Å². The number of hydrogen-bond donors (Lipinski definition) is 1. The standard InChI is InChI=1S/C27H43NO4/c1-7-8-9-10-11-12-13-22-14-16-23(17-15-22)18-19-27(20-30-26(5,6)31-21-27)28-24(29)32-25(2,3)4/h12-17H,7-11,18-21H2,1-6H3,(H,28,29)/b13-12+. The molecular weight excluding hydrogens is 402 g/mol. The zero-order chi connectivity index (χ0) is 23.7. The molecule has 1 heterocycles. The van der Waals surface area contributed by atoms with Crippen LogP contribution >= 0.6 is 0 Å². The topological polar surface area (TPSA) is 56.8 Å². The number of hydrogen-bond acceptors (Lipinski definition) is 4. The zero-order valence-corrected chi connectivity index (χ0v) is 21.0. The van der Waals surface area contributed by atoms with Crippen LogP contribution in [0.5, 0.6) is 0 Å². The average molecular weight is 446 g/mol. The van der Waals surface area contributed by atoms with Gasteiger partial charge in [-0.3, -0.25) is 0 Å². The van der Waals surface area contributed by atoms with E-state index < -0.39 is 23.0 Å². The second-order valence-electron chi connectivity index (χ2n) is 10.4. The summed E-state index contributed by atoms with van der Waals surface area (Å²) >= 11 is 0. The van der Waals surface area contributed by atoms with Crippen LogP contribution in [-0.4, -0.2) is 36.2 Å². The van der Waals surface area contributed by atoms with E-state index in [0.717, 1.165) is 12.8 Å². The second-order valence-corrected chi connectivity index (χ2v) is 10.4. The largest absolute Gasteiger partial charge is 0.444 e. The van der Waals surface area contributed by atoms with Gasteiger partial charge in [-0.2, -0.15) is 0 Å². The summed E-state index contributed by atoms with van der Waals surface area (Å²) in [4.78, 5) is 12.5. The monoisotopic (exact) mass is 445 g/mol.